The highest BCUT2D eigenvalue weighted by Gasteiger charge is 2.38. The molecule has 0 radical (unpaired) electrons. The van der Waals surface area contributed by atoms with Gasteiger partial charge < -0.3 is 4.74 Å². The minimum atomic E-state index is -3.73. The third-order valence-electron chi connectivity index (χ3n) is 4.31. The lowest BCUT2D eigenvalue weighted by atomic mass is 10.1. The Bertz CT molecular complexity index is 831. The van der Waals surface area contributed by atoms with Gasteiger partial charge in [-0.2, -0.15) is 4.31 Å². The number of benzene rings is 2. The molecule has 1 unspecified atom stereocenters. The van der Waals surface area contributed by atoms with Crippen molar-refractivity contribution in [3.63, 3.8) is 0 Å². The lowest BCUT2D eigenvalue weighted by Crippen LogP contribution is -2.49. The Morgan fingerprint density at radius 3 is 2.40 bits per heavy atom. The Kier molecular flexibility index (Phi) is 5.20. The first-order valence-corrected chi connectivity index (χ1v) is 9.78. The number of para-hydroxylation sites is 1. The number of nitrogens with zero attached hydrogens (tertiary/aromatic N) is 1. The molecule has 1 fully saturated rings. The minimum Gasteiger partial charge on any atom is -0.425 e. The summed E-state index contributed by atoms with van der Waals surface area (Å²) in [5.41, 5.74) is 0.984. The van der Waals surface area contributed by atoms with Gasteiger partial charge in [0.2, 0.25) is 10.0 Å². The summed E-state index contributed by atoms with van der Waals surface area (Å²) in [6.07, 6.45) is 2.01. The number of sulfonamides is 1. The van der Waals surface area contributed by atoms with Crippen LogP contribution in [0, 0.1) is 6.92 Å². The van der Waals surface area contributed by atoms with Gasteiger partial charge in [0.25, 0.3) is 0 Å². The molecule has 0 N–H and O–H groups in total. The molecule has 3 rings (SSSR count). The van der Waals surface area contributed by atoms with Crippen LogP contribution in [0.1, 0.15) is 24.8 Å². The van der Waals surface area contributed by atoms with Crippen molar-refractivity contribution in [2.24, 2.45) is 0 Å². The molecule has 1 aliphatic heterocycles. The predicted octanol–water partition coefficient (Wildman–Crippen LogP) is 3.14. The van der Waals surface area contributed by atoms with Crippen LogP contribution in [0.3, 0.4) is 0 Å². The van der Waals surface area contributed by atoms with Crippen LogP contribution >= 0.6 is 0 Å². The Balaban J connectivity index is 1.85. The molecule has 6 heteroatoms. The Hall–Kier alpha value is -2.18. The van der Waals surface area contributed by atoms with Crippen molar-refractivity contribution in [1.29, 1.82) is 0 Å². The van der Waals surface area contributed by atoms with E-state index in [0.29, 0.717) is 18.7 Å². The maximum atomic E-state index is 13.0. The first-order valence-electron chi connectivity index (χ1n) is 8.34. The number of hydrogen-bond acceptors (Lipinski definition) is 4. The molecular formula is C19H21NO4S. The van der Waals surface area contributed by atoms with Crippen LogP contribution in [0.5, 0.6) is 5.75 Å². The molecule has 0 aromatic heterocycles. The molecule has 5 nitrogen and oxygen atoms in total. The average Bonchev–Trinajstić information content (AvgIpc) is 2.63. The van der Waals surface area contributed by atoms with E-state index in [9.17, 15) is 13.2 Å². The van der Waals surface area contributed by atoms with Crippen molar-refractivity contribution < 1.29 is 17.9 Å². The van der Waals surface area contributed by atoms with Crippen LogP contribution < -0.4 is 4.74 Å². The number of rotatable bonds is 4. The second-order valence-electron chi connectivity index (χ2n) is 6.17. The number of carbonyl (C=O) groups excluding carboxylic acids is 1. The van der Waals surface area contributed by atoms with Gasteiger partial charge >= 0.3 is 5.97 Å². The van der Waals surface area contributed by atoms with Crippen LogP contribution in [0.15, 0.2) is 59.5 Å². The third-order valence-corrected chi connectivity index (χ3v) is 6.24. The fraction of sp³-hybridized carbons (Fsp3) is 0.316. The van der Waals surface area contributed by atoms with E-state index < -0.39 is 22.0 Å². The van der Waals surface area contributed by atoms with Crippen LogP contribution in [-0.2, 0) is 14.8 Å². The first-order chi connectivity index (χ1) is 12.0. The SMILES string of the molecule is Cc1ccc(S(=O)(=O)N2CCCCC2C(=O)Oc2ccccc2)cc1. The van der Waals surface area contributed by atoms with Gasteiger partial charge in [0.15, 0.2) is 0 Å². The van der Waals surface area contributed by atoms with Gasteiger partial charge in [-0.1, -0.05) is 35.9 Å². The fourth-order valence-corrected chi connectivity index (χ4v) is 4.59. The molecule has 0 spiro atoms. The summed E-state index contributed by atoms with van der Waals surface area (Å²) in [5, 5.41) is 0. The van der Waals surface area contributed by atoms with Gasteiger partial charge in [-0.15, -0.1) is 0 Å². The zero-order chi connectivity index (χ0) is 17.9. The zero-order valence-electron chi connectivity index (χ0n) is 14.1. The highest BCUT2D eigenvalue weighted by molar-refractivity contribution is 7.89. The highest BCUT2D eigenvalue weighted by Crippen LogP contribution is 2.27. The van der Waals surface area contributed by atoms with Gasteiger partial charge in [0, 0.05) is 6.54 Å². The van der Waals surface area contributed by atoms with Crippen molar-refractivity contribution in [2.45, 2.75) is 37.1 Å². The number of esters is 1. The maximum Gasteiger partial charge on any atom is 0.329 e. The smallest absolute Gasteiger partial charge is 0.329 e. The molecule has 0 saturated carbocycles. The average molecular weight is 359 g/mol. The van der Waals surface area contributed by atoms with Crippen LogP contribution in [0.25, 0.3) is 0 Å². The van der Waals surface area contributed by atoms with Gasteiger partial charge in [0.1, 0.15) is 11.8 Å². The van der Waals surface area contributed by atoms with E-state index in [-0.39, 0.29) is 4.90 Å². The molecule has 0 amide bonds. The number of ether oxygens (including phenoxy) is 1. The number of piperidine rings is 1. The van der Waals surface area contributed by atoms with E-state index in [1.54, 1.807) is 48.5 Å². The molecule has 25 heavy (non-hydrogen) atoms. The van der Waals surface area contributed by atoms with Crippen LogP contribution in [0.2, 0.25) is 0 Å². The van der Waals surface area contributed by atoms with E-state index in [0.717, 1.165) is 18.4 Å². The standard InChI is InChI=1S/C19H21NO4S/c1-15-10-12-17(13-11-15)25(22,23)20-14-6-5-9-18(20)19(21)24-16-7-3-2-4-8-16/h2-4,7-8,10-13,18H,5-6,9,14H2,1H3. The molecular weight excluding hydrogens is 338 g/mol. The molecule has 2 aromatic carbocycles. The van der Waals surface area contributed by atoms with Crippen LogP contribution in [0.4, 0.5) is 0 Å². The summed E-state index contributed by atoms with van der Waals surface area (Å²) < 4.78 is 32.6. The summed E-state index contributed by atoms with van der Waals surface area (Å²) in [6, 6.07) is 14.6. The van der Waals surface area contributed by atoms with Crippen molar-refractivity contribution in [3.05, 3.63) is 60.2 Å². The minimum absolute atomic E-state index is 0.206. The Morgan fingerprint density at radius 1 is 1.04 bits per heavy atom. The Morgan fingerprint density at radius 2 is 1.72 bits per heavy atom. The number of aryl methyl sites for hydroxylation is 1. The van der Waals surface area contributed by atoms with Crippen molar-refractivity contribution in [2.75, 3.05) is 6.54 Å². The summed E-state index contributed by atoms with van der Waals surface area (Å²) in [5.74, 6) is -0.104. The predicted molar refractivity (Wildman–Crippen MR) is 94.8 cm³/mol. The van der Waals surface area contributed by atoms with E-state index in [1.165, 1.54) is 4.31 Å². The largest absolute Gasteiger partial charge is 0.425 e. The van der Waals surface area contributed by atoms with Crippen molar-refractivity contribution in [3.8, 4) is 5.75 Å². The maximum absolute atomic E-state index is 13.0. The second kappa shape index (κ2) is 7.37. The molecule has 1 heterocycles. The lowest BCUT2D eigenvalue weighted by molar-refractivity contribution is -0.139. The molecule has 1 saturated heterocycles. The van der Waals surface area contributed by atoms with Gasteiger partial charge in [-0.25, -0.2) is 13.2 Å². The molecule has 0 bridgehead atoms. The summed E-state index contributed by atoms with van der Waals surface area (Å²) in [6.45, 7) is 2.22. The monoisotopic (exact) mass is 359 g/mol. The van der Waals surface area contributed by atoms with Gasteiger partial charge in [-0.05, 0) is 50.5 Å². The summed E-state index contributed by atoms with van der Waals surface area (Å²) in [7, 11) is -3.73. The summed E-state index contributed by atoms with van der Waals surface area (Å²) >= 11 is 0. The lowest BCUT2D eigenvalue weighted by Gasteiger charge is -2.33. The molecule has 1 atom stereocenters. The van der Waals surface area contributed by atoms with E-state index in [4.69, 9.17) is 4.74 Å². The molecule has 2 aromatic rings. The first kappa shape index (κ1) is 17.6. The van der Waals surface area contributed by atoms with Crippen molar-refractivity contribution >= 4 is 16.0 Å². The normalized spacial score (nSPS) is 18.7. The topological polar surface area (TPSA) is 63.7 Å². The van der Waals surface area contributed by atoms with Crippen molar-refractivity contribution in [1.82, 2.24) is 4.31 Å². The van der Waals surface area contributed by atoms with E-state index in [1.807, 2.05) is 13.0 Å². The van der Waals surface area contributed by atoms with Gasteiger partial charge in [-0.3, -0.25) is 0 Å². The number of carbonyl (C=O) groups is 1. The van der Waals surface area contributed by atoms with E-state index >= 15 is 0 Å². The Labute approximate surface area is 148 Å². The molecule has 1 aliphatic rings. The molecule has 132 valence electrons. The van der Waals surface area contributed by atoms with E-state index in [2.05, 4.69) is 0 Å². The summed E-state index contributed by atoms with van der Waals surface area (Å²) in [4.78, 5) is 12.8. The highest BCUT2D eigenvalue weighted by atomic mass is 32.2. The van der Waals surface area contributed by atoms with Gasteiger partial charge in [0.05, 0.1) is 4.90 Å². The number of hydrogen-bond donors (Lipinski definition) is 0. The van der Waals surface area contributed by atoms with Crippen LogP contribution in [-0.4, -0.2) is 31.3 Å². The molecule has 0 aliphatic carbocycles. The third kappa shape index (κ3) is 3.91. The quantitative estimate of drug-likeness (QED) is 0.621. The fourth-order valence-electron chi connectivity index (χ4n) is 2.95. The second-order valence-corrected chi connectivity index (χ2v) is 8.07. The zero-order valence-corrected chi connectivity index (χ0v) is 14.9.